The van der Waals surface area contributed by atoms with Crippen LogP contribution in [-0.4, -0.2) is 11.5 Å². The number of hydrogen-bond donors (Lipinski definition) is 2. The lowest BCUT2D eigenvalue weighted by Gasteiger charge is -2.03. The molecule has 3 nitrogen and oxygen atoms in total. The lowest BCUT2D eigenvalue weighted by atomic mass is 10.2. The minimum absolute atomic E-state index is 0.0425. The lowest BCUT2D eigenvalue weighted by Crippen LogP contribution is -2.10. The van der Waals surface area contributed by atoms with Crippen LogP contribution < -0.4 is 10.9 Å². The van der Waals surface area contributed by atoms with Crippen molar-refractivity contribution in [2.45, 2.75) is 6.92 Å². The summed E-state index contributed by atoms with van der Waals surface area (Å²) in [6, 6.07) is 9.50. The molecule has 3 heteroatoms. The molecule has 72 valence electrons. The number of rotatable bonds is 2. The van der Waals surface area contributed by atoms with Gasteiger partial charge in [0.15, 0.2) is 0 Å². The fraction of sp³-hybridized carbons (Fsp3) is 0.182. The molecule has 0 unspecified atom stereocenters. The summed E-state index contributed by atoms with van der Waals surface area (Å²) in [4.78, 5) is 14.4. The van der Waals surface area contributed by atoms with E-state index in [1.165, 1.54) is 0 Å². The predicted octanol–water partition coefficient (Wildman–Crippen LogP) is 1.96. The zero-order valence-electron chi connectivity index (χ0n) is 8.00. The molecule has 1 aromatic carbocycles. The van der Waals surface area contributed by atoms with Crippen molar-refractivity contribution in [3.8, 4) is 0 Å². The average Bonchev–Trinajstić information content (AvgIpc) is 2.18. The van der Waals surface area contributed by atoms with Crippen LogP contribution in [0.2, 0.25) is 0 Å². The zero-order valence-corrected chi connectivity index (χ0v) is 8.00. The van der Waals surface area contributed by atoms with E-state index in [2.05, 4.69) is 10.3 Å². The fourth-order valence-electron chi connectivity index (χ4n) is 1.50. The van der Waals surface area contributed by atoms with E-state index < -0.39 is 0 Å². The van der Waals surface area contributed by atoms with Gasteiger partial charge in [0.05, 0.1) is 0 Å². The molecule has 2 N–H and O–H groups in total. The summed E-state index contributed by atoms with van der Waals surface area (Å²) in [5.41, 5.74) is -0.0425. The molecular formula is C11H12N2O. The van der Waals surface area contributed by atoms with Gasteiger partial charge < -0.3 is 10.3 Å². The predicted molar refractivity (Wildman–Crippen MR) is 58.7 cm³/mol. The Bertz CT molecular complexity index is 502. The number of hydrogen-bond acceptors (Lipinski definition) is 2. The Morgan fingerprint density at radius 3 is 2.93 bits per heavy atom. The van der Waals surface area contributed by atoms with Gasteiger partial charge in [-0.25, -0.2) is 0 Å². The van der Waals surface area contributed by atoms with Crippen molar-refractivity contribution in [2.75, 3.05) is 11.9 Å². The highest BCUT2D eigenvalue weighted by atomic mass is 16.1. The number of aromatic nitrogens is 1. The molecule has 0 saturated carbocycles. The standard InChI is InChI=1S/C11H12N2O/c1-2-12-10-7-8-5-3-4-6-9(8)11(14)13-10/h3-7H,2H2,1H3,(H2,12,13,14). The highest BCUT2D eigenvalue weighted by Crippen LogP contribution is 2.11. The zero-order chi connectivity index (χ0) is 9.97. The Hall–Kier alpha value is -1.77. The summed E-state index contributed by atoms with van der Waals surface area (Å²) in [6.45, 7) is 2.79. The van der Waals surface area contributed by atoms with Crippen LogP contribution in [0.4, 0.5) is 5.82 Å². The largest absolute Gasteiger partial charge is 0.372 e. The lowest BCUT2D eigenvalue weighted by molar-refractivity contribution is 1.15. The van der Waals surface area contributed by atoms with E-state index in [4.69, 9.17) is 0 Å². The molecule has 0 amide bonds. The third-order valence-corrected chi connectivity index (χ3v) is 2.12. The second kappa shape index (κ2) is 3.54. The van der Waals surface area contributed by atoms with Gasteiger partial charge in [0.2, 0.25) is 0 Å². The van der Waals surface area contributed by atoms with E-state index >= 15 is 0 Å². The average molecular weight is 188 g/mol. The number of H-pyrrole nitrogens is 1. The normalized spacial score (nSPS) is 10.4. The number of fused-ring (bicyclic) bond motifs is 1. The minimum atomic E-state index is -0.0425. The highest BCUT2D eigenvalue weighted by Gasteiger charge is 1.99. The molecular weight excluding hydrogens is 176 g/mol. The van der Waals surface area contributed by atoms with Gasteiger partial charge in [-0.05, 0) is 24.4 Å². The van der Waals surface area contributed by atoms with E-state index in [0.717, 1.165) is 23.1 Å². The quantitative estimate of drug-likeness (QED) is 0.756. The first-order valence-electron chi connectivity index (χ1n) is 4.67. The van der Waals surface area contributed by atoms with Gasteiger partial charge in [0.1, 0.15) is 5.82 Å². The maximum atomic E-state index is 11.6. The summed E-state index contributed by atoms with van der Waals surface area (Å²) < 4.78 is 0. The molecule has 14 heavy (non-hydrogen) atoms. The van der Waals surface area contributed by atoms with Gasteiger partial charge in [-0.2, -0.15) is 0 Å². The van der Waals surface area contributed by atoms with Crippen molar-refractivity contribution in [3.63, 3.8) is 0 Å². The number of benzene rings is 1. The van der Waals surface area contributed by atoms with Gasteiger partial charge in [-0.15, -0.1) is 0 Å². The second-order valence-electron chi connectivity index (χ2n) is 3.13. The van der Waals surface area contributed by atoms with Gasteiger partial charge in [-0.3, -0.25) is 4.79 Å². The van der Waals surface area contributed by atoms with Crippen LogP contribution in [0.3, 0.4) is 0 Å². The first-order valence-corrected chi connectivity index (χ1v) is 4.67. The number of aromatic amines is 1. The van der Waals surface area contributed by atoms with Crippen LogP contribution in [0.15, 0.2) is 35.1 Å². The second-order valence-corrected chi connectivity index (χ2v) is 3.13. The number of anilines is 1. The number of nitrogens with one attached hydrogen (secondary N) is 2. The Kier molecular flexibility index (Phi) is 2.23. The Morgan fingerprint density at radius 2 is 2.14 bits per heavy atom. The van der Waals surface area contributed by atoms with Crippen molar-refractivity contribution < 1.29 is 0 Å². The highest BCUT2D eigenvalue weighted by molar-refractivity contribution is 5.83. The molecule has 1 heterocycles. The van der Waals surface area contributed by atoms with Crippen molar-refractivity contribution in [1.82, 2.24) is 4.98 Å². The topological polar surface area (TPSA) is 44.9 Å². The van der Waals surface area contributed by atoms with Gasteiger partial charge in [0, 0.05) is 11.9 Å². The minimum Gasteiger partial charge on any atom is -0.372 e. The van der Waals surface area contributed by atoms with E-state index in [9.17, 15) is 4.79 Å². The molecule has 0 bridgehead atoms. The summed E-state index contributed by atoms with van der Waals surface area (Å²) in [6.07, 6.45) is 0. The first-order chi connectivity index (χ1) is 6.81. The molecule has 2 rings (SSSR count). The maximum absolute atomic E-state index is 11.6. The summed E-state index contributed by atoms with van der Waals surface area (Å²) in [5, 5.41) is 4.78. The van der Waals surface area contributed by atoms with Crippen LogP contribution in [0.25, 0.3) is 10.8 Å². The molecule has 2 aromatic rings. The van der Waals surface area contributed by atoms with Gasteiger partial charge >= 0.3 is 0 Å². The molecule has 0 fully saturated rings. The molecule has 1 aromatic heterocycles. The first kappa shape index (κ1) is 8.81. The van der Waals surface area contributed by atoms with E-state index in [-0.39, 0.29) is 5.56 Å². The molecule has 0 aliphatic rings. The van der Waals surface area contributed by atoms with Crippen molar-refractivity contribution in [2.24, 2.45) is 0 Å². The van der Waals surface area contributed by atoms with Gasteiger partial charge in [-0.1, -0.05) is 18.2 Å². The van der Waals surface area contributed by atoms with Crippen molar-refractivity contribution in [3.05, 3.63) is 40.7 Å². The third kappa shape index (κ3) is 1.48. The van der Waals surface area contributed by atoms with Crippen LogP contribution >= 0.6 is 0 Å². The molecule has 0 atom stereocenters. The van der Waals surface area contributed by atoms with Crippen molar-refractivity contribution >= 4 is 16.6 Å². The van der Waals surface area contributed by atoms with Crippen molar-refractivity contribution in [1.29, 1.82) is 0 Å². The Morgan fingerprint density at radius 1 is 1.36 bits per heavy atom. The molecule has 0 saturated heterocycles. The fourth-order valence-corrected chi connectivity index (χ4v) is 1.50. The third-order valence-electron chi connectivity index (χ3n) is 2.12. The van der Waals surface area contributed by atoms with Crippen LogP contribution in [0, 0.1) is 0 Å². The summed E-state index contributed by atoms with van der Waals surface area (Å²) in [7, 11) is 0. The SMILES string of the molecule is CCNc1cc2ccccc2c(=O)[nH]1. The van der Waals surface area contributed by atoms with Crippen LogP contribution in [-0.2, 0) is 0 Å². The molecule has 0 aliphatic heterocycles. The van der Waals surface area contributed by atoms with E-state index in [1.54, 1.807) is 0 Å². The Balaban J connectivity index is 2.66. The Labute approximate surface area is 81.8 Å². The smallest absolute Gasteiger partial charge is 0.257 e. The maximum Gasteiger partial charge on any atom is 0.257 e. The molecule has 0 spiro atoms. The summed E-state index contributed by atoms with van der Waals surface area (Å²) in [5.74, 6) is 0.774. The molecule has 0 radical (unpaired) electrons. The van der Waals surface area contributed by atoms with Gasteiger partial charge in [0.25, 0.3) is 5.56 Å². The van der Waals surface area contributed by atoms with Crippen LogP contribution in [0.1, 0.15) is 6.92 Å². The van der Waals surface area contributed by atoms with E-state index in [0.29, 0.717) is 0 Å². The summed E-state index contributed by atoms with van der Waals surface area (Å²) >= 11 is 0. The number of pyridine rings is 1. The van der Waals surface area contributed by atoms with Crippen LogP contribution in [0.5, 0.6) is 0 Å². The van der Waals surface area contributed by atoms with E-state index in [1.807, 2.05) is 37.3 Å². The molecule has 0 aliphatic carbocycles. The monoisotopic (exact) mass is 188 g/mol.